The van der Waals surface area contributed by atoms with Crippen LogP contribution in [0.3, 0.4) is 0 Å². The summed E-state index contributed by atoms with van der Waals surface area (Å²) in [4.78, 5) is 2.34. The molecule has 0 saturated carbocycles. The standard InChI is InChI=1S/C8H17ClN2/c1-11-4-2-7(3-5-11)8(10)6-9/h7-8H,2-6,10H2,1H3. The molecule has 0 aromatic heterocycles. The molecule has 0 aromatic carbocycles. The molecule has 2 N–H and O–H groups in total. The summed E-state index contributed by atoms with van der Waals surface area (Å²) in [5.74, 6) is 1.26. The van der Waals surface area contributed by atoms with Crippen molar-refractivity contribution < 1.29 is 0 Å². The molecular formula is C8H17ClN2. The molecule has 11 heavy (non-hydrogen) atoms. The van der Waals surface area contributed by atoms with Gasteiger partial charge in [0.15, 0.2) is 0 Å². The Bertz CT molecular complexity index is 111. The number of nitrogens with two attached hydrogens (primary N) is 1. The fraction of sp³-hybridized carbons (Fsp3) is 1.00. The maximum Gasteiger partial charge on any atom is 0.0377 e. The molecule has 0 spiro atoms. The van der Waals surface area contributed by atoms with E-state index in [1.165, 1.54) is 25.9 Å². The van der Waals surface area contributed by atoms with Crippen LogP contribution < -0.4 is 5.73 Å². The first kappa shape index (κ1) is 9.30. The Labute approximate surface area is 73.7 Å². The highest BCUT2D eigenvalue weighted by Gasteiger charge is 2.21. The first-order valence-electron chi connectivity index (χ1n) is 4.24. The minimum atomic E-state index is 0.213. The van der Waals surface area contributed by atoms with E-state index in [0.717, 1.165) is 0 Å². The lowest BCUT2D eigenvalue weighted by molar-refractivity contribution is 0.204. The number of halogens is 1. The largest absolute Gasteiger partial charge is 0.326 e. The van der Waals surface area contributed by atoms with E-state index in [2.05, 4.69) is 11.9 Å². The lowest BCUT2D eigenvalue weighted by atomic mass is 9.91. The van der Waals surface area contributed by atoms with Crippen molar-refractivity contribution in [1.29, 1.82) is 0 Å². The number of likely N-dealkylation sites (tertiary alicyclic amines) is 1. The van der Waals surface area contributed by atoms with Gasteiger partial charge in [-0.1, -0.05) is 0 Å². The average Bonchev–Trinajstić information content (AvgIpc) is 2.05. The first-order valence-corrected chi connectivity index (χ1v) is 4.77. The van der Waals surface area contributed by atoms with Crippen LogP contribution in [-0.4, -0.2) is 37.0 Å². The van der Waals surface area contributed by atoms with Gasteiger partial charge >= 0.3 is 0 Å². The zero-order valence-corrected chi connectivity index (χ0v) is 7.85. The fourth-order valence-corrected chi connectivity index (χ4v) is 1.83. The molecule has 1 aliphatic rings. The van der Waals surface area contributed by atoms with Crippen LogP contribution in [0.4, 0.5) is 0 Å². The van der Waals surface area contributed by atoms with E-state index < -0.39 is 0 Å². The molecule has 1 atom stereocenters. The summed E-state index contributed by atoms with van der Waals surface area (Å²) in [5, 5.41) is 0. The smallest absolute Gasteiger partial charge is 0.0377 e. The van der Waals surface area contributed by atoms with E-state index in [0.29, 0.717) is 11.8 Å². The molecule has 0 amide bonds. The SMILES string of the molecule is CN1CCC(C(N)CCl)CC1. The predicted molar refractivity (Wildman–Crippen MR) is 48.9 cm³/mol. The highest BCUT2D eigenvalue weighted by atomic mass is 35.5. The van der Waals surface area contributed by atoms with Gasteiger partial charge in [-0.15, -0.1) is 11.6 Å². The zero-order chi connectivity index (χ0) is 8.27. The van der Waals surface area contributed by atoms with Crippen LogP contribution in [0.25, 0.3) is 0 Å². The number of rotatable bonds is 2. The summed E-state index contributed by atoms with van der Waals surface area (Å²) in [6.45, 7) is 2.35. The van der Waals surface area contributed by atoms with Gasteiger partial charge in [-0.3, -0.25) is 0 Å². The van der Waals surface area contributed by atoms with Crippen LogP contribution in [0, 0.1) is 5.92 Å². The van der Waals surface area contributed by atoms with Crippen molar-refractivity contribution >= 4 is 11.6 Å². The molecule has 1 fully saturated rings. The van der Waals surface area contributed by atoms with E-state index in [9.17, 15) is 0 Å². The van der Waals surface area contributed by atoms with Crippen molar-refractivity contribution in [2.45, 2.75) is 18.9 Å². The summed E-state index contributed by atoms with van der Waals surface area (Å²) in [6.07, 6.45) is 2.43. The average molecular weight is 177 g/mol. The molecule has 1 heterocycles. The molecule has 1 aliphatic heterocycles. The van der Waals surface area contributed by atoms with Crippen molar-refractivity contribution in [3.05, 3.63) is 0 Å². The van der Waals surface area contributed by atoms with Gasteiger partial charge in [-0.05, 0) is 38.9 Å². The minimum Gasteiger partial charge on any atom is -0.326 e. The van der Waals surface area contributed by atoms with E-state index >= 15 is 0 Å². The molecule has 0 aromatic rings. The summed E-state index contributed by atoms with van der Waals surface area (Å²) >= 11 is 5.68. The quantitative estimate of drug-likeness (QED) is 0.634. The normalized spacial score (nSPS) is 25.4. The van der Waals surface area contributed by atoms with Crippen molar-refractivity contribution in [3.8, 4) is 0 Å². The van der Waals surface area contributed by atoms with Crippen LogP contribution in [0.1, 0.15) is 12.8 Å². The third-order valence-corrected chi connectivity index (χ3v) is 2.90. The van der Waals surface area contributed by atoms with Crippen LogP contribution in [0.15, 0.2) is 0 Å². The van der Waals surface area contributed by atoms with E-state index in [1.54, 1.807) is 0 Å². The van der Waals surface area contributed by atoms with E-state index in [1.807, 2.05) is 0 Å². The Morgan fingerprint density at radius 1 is 1.55 bits per heavy atom. The molecule has 0 bridgehead atoms. The van der Waals surface area contributed by atoms with Gasteiger partial charge < -0.3 is 10.6 Å². The summed E-state index contributed by atoms with van der Waals surface area (Å²) in [5.41, 5.74) is 5.84. The third kappa shape index (κ3) is 2.62. The second kappa shape index (κ2) is 4.29. The van der Waals surface area contributed by atoms with E-state index in [4.69, 9.17) is 17.3 Å². The number of piperidine rings is 1. The number of nitrogens with zero attached hydrogens (tertiary/aromatic N) is 1. The fourth-order valence-electron chi connectivity index (χ4n) is 1.58. The highest BCUT2D eigenvalue weighted by molar-refractivity contribution is 6.18. The van der Waals surface area contributed by atoms with Gasteiger partial charge in [0.25, 0.3) is 0 Å². The molecule has 0 radical (unpaired) electrons. The van der Waals surface area contributed by atoms with Crippen molar-refractivity contribution in [1.82, 2.24) is 4.90 Å². The summed E-state index contributed by atoms with van der Waals surface area (Å²) in [7, 11) is 2.16. The van der Waals surface area contributed by atoms with Crippen LogP contribution in [0.5, 0.6) is 0 Å². The molecule has 1 saturated heterocycles. The number of hydrogen-bond donors (Lipinski definition) is 1. The van der Waals surface area contributed by atoms with Gasteiger partial charge in [0.2, 0.25) is 0 Å². The van der Waals surface area contributed by atoms with Gasteiger partial charge in [-0.2, -0.15) is 0 Å². The molecule has 66 valence electrons. The van der Waals surface area contributed by atoms with E-state index in [-0.39, 0.29) is 6.04 Å². The Hall–Kier alpha value is 0.210. The van der Waals surface area contributed by atoms with Crippen LogP contribution in [-0.2, 0) is 0 Å². The lowest BCUT2D eigenvalue weighted by Gasteiger charge is -2.31. The van der Waals surface area contributed by atoms with Gasteiger partial charge in [0.1, 0.15) is 0 Å². The summed E-state index contributed by atoms with van der Waals surface area (Å²) in [6, 6.07) is 0.213. The molecule has 3 heteroatoms. The maximum atomic E-state index is 5.84. The molecule has 1 unspecified atom stereocenters. The Kier molecular flexibility index (Phi) is 3.63. The predicted octanol–water partition coefficient (Wildman–Crippen LogP) is 0.894. The van der Waals surface area contributed by atoms with Gasteiger partial charge in [0, 0.05) is 11.9 Å². The molecule has 1 rings (SSSR count). The third-order valence-electron chi connectivity index (χ3n) is 2.55. The van der Waals surface area contributed by atoms with Crippen molar-refractivity contribution in [2.24, 2.45) is 11.7 Å². The Morgan fingerprint density at radius 2 is 2.09 bits per heavy atom. The summed E-state index contributed by atoms with van der Waals surface area (Å²) < 4.78 is 0. The Morgan fingerprint density at radius 3 is 2.55 bits per heavy atom. The molecular weight excluding hydrogens is 160 g/mol. The molecule has 2 nitrogen and oxygen atoms in total. The lowest BCUT2D eigenvalue weighted by Crippen LogP contribution is -2.40. The Balaban J connectivity index is 2.27. The van der Waals surface area contributed by atoms with Gasteiger partial charge in [-0.25, -0.2) is 0 Å². The monoisotopic (exact) mass is 176 g/mol. The highest BCUT2D eigenvalue weighted by Crippen LogP contribution is 2.18. The van der Waals surface area contributed by atoms with Crippen LogP contribution in [0.2, 0.25) is 0 Å². The van der Waals surface area contributed by atoms with Gasteiger partial charge in [0.05, 0.1) is 0 Å². The number of hydrogen-bond acceptors (Lipinski definition) is 2. The first-order chi connectivity index (χ1) is 5.24. The van der Waals surface area contributed by atoms with Crippen LogP contribution >= 0.6 is 11.6 Å². The topological polar surface area (TPSA) is 29.3 Å². The molecule has 0 aliphatic carbocycles. The second-order valence-corrected chi connectivity index (χ2v) is 3.77. The second-order valence-electron chi connectivity index (χ2n) is 3.46. The number of alkyl halides is 1. The van der Waals surface area contributed by atoms with Crippen molar-refractivity contribution in [2.75, 3.05) is 26.0 Å². The maximum absolute atomic E-state index is 5.84. The van der Waals surface area contributed by atoms with Crippen molar-refractivity contribution in [3.63, 3.8) is 0 Å². The minimum absolute atomic E-state index is 0.213. The zero-order valence-electron chi connectivity index (χ0n) is 7.09.